The monoisotopic (exact) mass is 424 g/mol. The smallest absolute Gasteiger partial charge is 0.232 e. The zero-order chi connectivity index (χ0) is 20.7. The average Bonchev–Trinajstić information content (AvgIpc) is 2.61. The van der Waals surface area contributed by atoms with Gasteiger partial charge in [0.25, 0.3) is 0 Å². The van der Waals surface area contributed by atoms with Crippen molar-refractivity contribution >= 4 is 38.9 Å². The van der Waals surface area contributed by atoms with E-state index in [1.54, 1.807) is 43.3 Å². The zero-order valence-electron chi connectivity index (χ0n) is 16.2. The van der Waals surface area contributed by atoms with E-state index in [-0.39, 0.29) is 18.9 Å². The zero-order valence-corrected chi connectivity index (χ0v) is 17.8. The molecule has 0 spiro atoms. The summed E-state index contributed by atoms with van der Waals surface area (Å²) in [5, 5.41) is 3.30. The van der Waals surface area contributed by atoms with Crippen molar-refractivity contribution in [3.8, 4) is 5.75 Å². The summed E-state index contributed by atoms with van der Waals surface area (Å²) in [5.74, 6) is 0.491. The van der Waals surface area contributed by atoms with E-state index in [4.69, 9.17) is 16.3 Å². The molecule has 0 unspecified atom stereocenters. The molecule has 2 aromatic rings. The van der Waals surface area contributed by atoms with Crippen LogP contribution >= 0.6 is 11.6 Å². The molecule has 8 heteroatoms. The van der Waals surface area contributed by atoms with Gasteiger partial charge in [0.05, 0.1) is 18.6 Å². The van der Waals surface area contributed by atoms with Crippen LogP contribution < -0.4 is 14.4 Å². The van der Waals surface area contributed by atoms with E-state index in [1.165, 1.54) is 4.31 Å². The standard InChI is InChI=1S/C20H25ClN2O4S/c1-4-27-17-9-5-8-16(14-17)22-20(24)12-7-13-23(28(3,25)26)19-11-6-10-18(21)15(19)2/h5-6,8-11,14H,4,7,12-13H2,1-3H3,(H,22,24). The molecule has 6 nitrogen and oxygen atoms in total. The lowest BCUT2D eigenvalue weighted by Crippen LogP contribution is -2.32. The van der Waals surface area contributed by atoms with Gasteiger partial charge in [0.2, 0.25) is 15.9 Å². The fraction of sp³-hybridized carbons (Fsp3) is 0.350. The van der Waals surface area contributed by atoms with Crippen LogP contribution in [0.15, 0.2) is 42.5 Å². The molecule has 1 amide bonds. The van der Waals surface area contributed by atoms with Crippen LogP contribution in [0.3, 0.4) is 0 Å². The molecule has 0 aliphatic rings. The van der Waals surface area contributed by atoms with Gasteiger partial charge in [0, 0.05) is 29.7 Å². The molecular formula is C20H25ClN2O4S. The first-order valence-corrected chi connectivity index (χ1v) is 11.2. The van der Waals surface area contributed by atoms with E-state index < -0.39 is 10.0 Å². The fourth-order valence-corrected chi connectivity index (χ4v) is 3.95. The lowest BCUT2D eigenvalue weighted by molar-refractivity contribution is -0.116. The number of benzene rings is 2. The van der Waals surface area contributed by atoms with E-state index in [1.807, 2.05) is 13.0 Å². The highest BCUT2D eigenvalue weighted by atomic mass is 35.5. The van der Waals surface area contributed by atoms with E-state index in [2.05, 4.69) is 5.32 Å². The normalized spacial score (nSPS) is 11.1. The van der Waals surface area contributed by atoms with Crippen molar-refractivity contribution in [3.05, 3.63) is 53.1 Å². The Morgan fingerprint density at radius 3 is 2.61 bits per heavy atom. The quantitative estimate of drug-likeness (QED) is 0.653. The van der Waals surface area contributed by atoms with Crippen molar-refractivity contribution in [2.45, 2.75) is 26.7 Å². The number of sulfonamides is 1. The van der Waals surface area contributed by atoms with Crippen molar-refractivity contribution < 1.29 is 17.9 Å². The number of amides is 1. The van der Waals surface area contributed by atoms with Gasteiger partial charge in [0.15, 0.2) is 0 Å². The van der Waals surface area contributed by atoms with E-state index in [0.717, 1.165) is 6.26 Å². The summed E-state index contributed by atoms with van der Waals surface area (Å²) in [7, 11) is -3.50. The second kappa shape index (κ2) is 9.80. The molecule has 0 saturated carbocycles. The number of rotatable bonds is 9. The minimum Gasteiger partial charge on any atom is -0.494 e. The van der Waals surface area contributed by atoms with Crippen LogP contribution in [0.5, 0.6) is 5.75 Å². The fourth-order valence-electron chi connectivity index (χ4n) is 2.77. The highest BCUT2D eigenvalue weighted by Gasteiger charge is 2.20. The third-order valence-corrected chi connectivity index (χ3v) is 5.69. The van der Waals surface area contributed by atoms with Crippen LogP contribution in [0.2, 0.25) is 5.02 Å². The molecule has 0 bridgehead atoms. The minimum absolute atomic E-state index is 0.185. The van der Waals surface area contributed by atoms with Crippen LogP contribution in [-0.4, -0.2) is 33.7 Å². The molecule has 0 fully saturated rings. The minimum atomic E-state index is -3.50. The molecule has 0 saturated heterocycles. The first-order chi connectivity index (χ1) is 13.2. The Morgan fingerprint density at radius 1 is 1.21 bits per heavy atom. The number of hydrogen-bond acceptors (Lipinski definition) is 4. The summed E-state index contributed by atoms with van der Waals surface area (Å²) in [5.41, 5.74) is 1.85. The van der Waals surface area contributed by atoms with Crippen LogP contribution in [0, 0.1) is 6.92 Å². The molecule has 1 N–H and O–H groups in total. The lowest BCUT2D eigenvalue weighted by atomic mass is 10.2. The summed E-state index contributed by atoms with van der Waals surface area (Å²) in [6.45, 7) is 4.39. The van der Waals surface area contributed by atoms with Crippen molar-refractivity contribution in [1.29, 1.82) is 0 Å². The van der Waals surface area contributed by atoms with Gasteiger partial charge in [-0.3, -0.25) is 9.10 Å². The summed E-state index contributed by atoms with van der Waals surface area (Å²) in [6.07, 6.45) is 1.70. The molecule has 0 aliphatic carbocycles. The molecule has 28 heavy (non-hydrogen) atoms. The second-order valence-corrected chi connectivity index (χ2v) is 8.65. The number of ether oxygens (including phenoxy) is 1. The summed E-state index contributed by atoms with van der Waals surface area (Å²) < 4.78 is 31.2. The van der Waals surface area contributed by atoms with Gasteiger partial charge < -0.3 is 10.1 Å². The molecule has 2 aromatic carbocycles. The molecule has 0 aromatic heterocycles. The van der Waals surface area contributed by atoms with Gasteiger partial charge in [-0.2, -0.15) is 0 Å². The van der Waals surface area contributed by atoms with Gasteiger partial charge in [-0.25, -0.2) is 8.42 Å². The number of nitrogens with zero attached hydrogens (tertiary/aromatic N) is 1. The number of hydrogen-bond donors (Lipinski definition) is 1. The topological polar surface area (TPSA) is 75.7 Å². The number of anilines is 2. The molecular weight excluding hydrogens is 400 g/mol. The maximum atomic E-state index is 12.2. The first kappa shape index (κ1) is 22.0. The Hall–Kier alpha value is -2.25. The predicted octanol–water partition coefficient (Wildman–Crippen LogP) is 4.23. The Morgan fingerprint density at radius 2 is 1.93 bits per heavy atom. The van der Waals surface area contributed by atoms with Crippen LogP contribution in [0.25, 0.3) is 0 Å². The third kappa shape index (κ3) is 6.14. The first-order valence-electron chi connectivity index (χ1n) is 8.98. The molecule has 0 aliphatic heterocycles. The number of carbonyl (C=O) groups is 1. The molecule has 0 radical (unpaired) electrons. The third-order valence-electron chi connectivity index (χ3n) is 4.10. The lowest BCUT2D eigenvalue weighted by Gasteiger charge is -2.24. The highest BCUT2D eigenvalue weighted by Crippen LogP contribution is 2.28. The van der Waals surface area contributed by atoms with E-state index >= 15 is 0 Å². The van der Waals surface area contributed by atoms with Crippen LogP contribution in [0.4, 0.5) is 11.4 Å². The van der Waals surface area contributed by atoms with Crippen LogP contribution in [0.1, 0.15) is 25.3 Å². The van der Waals surface area contributed by atoms with Gasteiger partial charge in [0.1, 0.15) is 5.75 Å². The Kier molecular flexibility index (Phi) is 7.71. The van der Waals surface area contributed by atoms with Gasteiger partial charge >= 0.3 is 0 Å². The van der Waals surface area contributed by atoms with Crippen molar-refractivity contribution in [1.82, 2.24) is 0 Å². The van der Waals surface area contributed by atoms with Gasteiger partial charge in [-0.05, 0) is 50.1 Å². The SMILES string of the molecule is CCOc1cccc(NC(=O)CCCN(c2cccc(Cl)c2C)S(C)(=O)=O)c1. The van der Waals surface area contributed by atoms with E-state index in [0.29, 0.717) is 40.7 Å². The van der Waals surface area contributed by atoms with Crippen LogP contribution in [-0.2, 0) is 14.8 Å². The highest BCUT2D eigenvalue weighted by molar-refractivity contribution is 7.92. The largest absolute Gasteiger partial charge is 0.494 e. The molecule has 0 heterocycles. The summed E-state index contributed by atoms with van der Waals surface area (Å²) in [4.78, 5) is 12.2. The molecule has 2 rings (SSSR count). The maximum absolute atomic E-state index is 12.2. The van der Waals surface area contributed by atoms with Crippen molar-refractivity contribution in [2.75, 3.05) is 29.0 Å². The number of carbonyl (C=O) groups excluding carboxylic acids is 1. The van der Waals surface area contributed by atoms with Crippen molar-refractivity contribution in [3.63, 3.8) is 0 Å². The molecule has 0 atom stereocenters. The second-order valence-electron chi connectivity index (χ2n) is 6.33. The molecule has 152 valence electrons. The van der Waals surface area contributed by atoms with E-state index in [9.17, 15) is 13.2 Å². The number of nitrogens with one attached hydrogen (secondary N) is 1. The Balaban J connectivity index is 2.00. The van der Waals surface area contributed by atoms with Crippen molar-refractivity contribution in [2.24, 2.45) is 0 Å². The summed E-state index contributed by atoms with van der Waals surface area (Å²) in [6, 6.07) is 12.3. The Labute approximate surface area is 171 Å². The summed E-state index contributed by atoms with van der Waals surface area (Å²) >= 11 is 6.12. The van der Waals surface area contributed by atoms with Gasteiger partial charge in [-0.15, -0.1) is 0 Å². The van der Waals surface area contributed by atoms with Gasteiger partial charge in [-0.1, -0.05) is 23.7 Å². The maximum Gasteiger partial charge on any atom is 0.232 e. The Bertz CT molecular complexity index is 932. The predicted molar refractivity (Wildman–Crippen MR) is 114 cm³/mol. The average molecular weight is 425 g/mol. The number of halogens is 1.